The average Bonchev–Trinajstić information content (AvgIpc) is 2.95. The van der Waals surface area contributed by atoms with Gasteiger partial charge in [0, 0.05) is 32.7 Å². The quantitative estimate of drug-likeness (QED) is 0.389. The SMILES string of the molecule is C=CCSC1=C(C(=S)c2ccc(C)cc2Cl)C(=O)C2CCC1C2. The van der Waals surface area contributed by atoms with Crippen LogP contribution in [0.15, 0.2) is 41.3 Å². The molecule has 0 amide bonds. The summed E-state index contributed by atoms with van der Waals surface area (Å²) in [6, 6.07) is 5.83. The summed E-state index contributed by atoms with van der Waals surface area (Å²) in [5, 5.41) is 0.626. The summed E-state index contributed by atoms with van der Waals surface area (Å²) in [5.74, 6) is 1.63. The van der Waals surface area contributed by atoms with Gasteiger partial charge in [0.1, 0.15) is 0 Å². The Morgan fingerprint density at radius 3 is 2.87 bits per heavy atom. The van der Waals surface area contributed by atoms with E-state index in [1.54, 1.807) is 11.8 Å². The van der Waals surface area contributed by atoms with E-state index in [9.17, 15) is 4.79 Å². The monoisotopic (exact) mass is 362 g/mol. The molecule has 2 unspecified atom stereocenters. The number of ketones is 1. The molecule has 1 nitrogen and oxygen atoms in total. The van der Waals surface area contributed by atoms with Gasteiger partial charge in [-0.2, -0.15) is 0 Å². The van der Waals surface area contributed by atoms with Crippen molar-refractivity contribution in [2.75, 3.05) is 5.75 Å². The van der Waals surface area contributed by atoms with Crippen LogP contribution in [0.5, 0.6) is 0 Å². The Bertz CT molecular complexity index is 720. The molecule has 0 spiro atoms. The number of carbonyl (C=O) groups is 1. The third-order valence-electron chi connectivity index (χ3n) is 4.62. The number of rotatable bonds is 5. The van der Waals surface area contributed by atoms with Crippen molar-refractivity contribution in [1.29, 1.82) is 0 Å². The standard InChI is InChI=1S/C19H19ClOS2/c1-3-8-23-19-13-6-5-12(10-13)17(21)16(19)18(22)14-7-4-11(2)9-15(14)20/h3-4,7,9,12-13H,1,5-6,8,10H2,2H3. The van der Waals surface area contributed by atoms with Crippen molar-refractivity contribution in [1.82, 2.24) is 0 Å². The smallest absolute Gasteiger partial charge is 0.168 e. The zero-order chi connectivity index (χ0) is 16.6. The van der Waals surface area contributed by atoms with Crippen molar-refractivity contribution in [2.24, 2.45) is 11.8 Å². The molecule has 1 fully saturated rings. The van der Waals surface area contributed by atoms with E-state index in [4.69, 9.17) is 23.8 Å². The first-order chi connectivity index (χ1) is 11.0. The number of thioether (sulfide) groups is 1. The highest BCUT2D eigenvalue weighted by atomic mass is 35.5. The Kier molecular flexibility index (Phi) is 5.10. The molecule has 0 N–H and O–H groups in total. The molecule has 2 bridgehead atoms. The van der Waals surface area contributed by atoms with E-state index < -0.39 is 0 Å². The minimum absolute atomic E-state index is 0.144. The maximum Gasteiger partial charge on any atom is 0.168 e. The zero-order valence-electron chi connectivity index (χ0n) is 13.1. The number of fused-ring (bicyclic) bond motifs is 2. The molecule has 23 heavy (non-hydrogen) atoms. The molecule has 4 heteroatoms. The number of halogens is 1. The fourth-order valence-corrected chi connectivity index (χ4v) is 5.42. The average molecular weight is 363 g/mol. The number of hydrogen-bond donors (Lipinski definition) is 0. The van der Waals surface area contributed by atoms with Crippen LogP contribution in [-0.2, 0) is 4.79 Å². The van der Waals surface area contributed by atoms with E-state index in [0.29, 0.717) is 15.8 Å². The molecular formula is C19H19ClOS2. The summed E-state index contributed by atoms with van der Waals surface area (Å²) in [6.07, 6.45) is 4.92. The van der Waals surface area contributed by atoms with Gasteiger partial charge in [-0.25, -0.2) is 0 Å². The number of carbonyl (C=O) groups excluding carboxylic acids is 1. The first-order valence-electron chi connectivity index (χ1n) is 7.85. The second kappa shape index (κ2) is 6.92. The first kappa shape index (κ1) is 16.9. The topological polar surface area (TPSA) is 17.1 Å². The van der Waals surface area contributed by atoms with Gasteiger partial charge < -0.3 is 0 Å². The maximum atomic E-state index is 12.9. The Labute approximate surface area is 152 Å². The van der Waals surface area contributed by atoms with Gasteiger partial charge in [0.05, 0.1) is 4.86 Å². The predicted molar refractivity (Wildman–Crippen MR) is 103 cm³/mol. The summed E-state index contributed by atoms with van der Waals surface area (Å²) in [7, 11) is 0. The number of hydrogen-bond acceptors (Lipinski definition) is 3. The Balaban J connectivity index is 2.06. The van der Waals surface area contributed by atoms with Crippen LogP contribution in [-0.4, -0.2) is 16.4 Å². The third-order valence-corrected chi connectivity index (χ3v) is 6.61. The van der Waals surface area contributed by atoms with Crippen LogP contribution in [0.4, 0.5) is 0 Å². The van der Waals surface area contributed by atoms with E-state index in [2.05, 4.69) is 6.58 Å². The van der Waals surface area contributed by atoms with Crippen LogP contribution < -0.4 is 0 Å². The first-order valence-corrected chi connectivity index (χ1v) is 9.63. The minimum atomic E-state index is 0.144. The number of allylic oxidation sites excluding steroid dienone is 2. The van der Waals surface area contributed by atoms with Gasteiger partial charge in [0.2, 0.25) is 0 Å². The molecule has 120 valence electrons. The zero-order valence-corrected chi connectivity index (χ0v) is 15.5. The van der Waals surface area contributed by atoms with Crippen molar-refractivity contribution in [3.8, 4) is 0 Å². The lowest BCUT2D eigenvalue weighted by Gasteiger charge is -2.25. The molecular weight excluding hydrogens is 344 g/mol. The highest BCUT2D eigenvalue weighted by Crippen LogP contribution is 2.48. The highest BCUT2D eigenvalue weighted by molar-refractivity contribution is 8.03. The van der Waals surface area contributed by atoms with Gasteiger partial charge >= 0.3 is 0 Å². The molecule has 1 aromatic carbocycles. The summed E-state index contributed by atoms with van der Waals surface area (Å²) in [4.78, 5) is 14.7. The van der Waals surface area contributed by atoms with E-state index in [0.717, 1.165) is 46.6 Å². The maximum absolute atomic E-state index is 12.9. The van der Waals surface area contributed by atoms with E-state index >= 15 is 0 Å². The normalized spacial score (nSPS) is 23.3. The van der Waals surface area contributed by atoms with Crippen LogP contribution in [0.2, 0.25) is 5.02 Å². The molecule has 0 radical (unpaired) electrons. The highest BCUT2D eigenvalue weighted by Gasteiger charge is 2.42. The van der Waals surface area contributed by atoms with E-state index in [-0.39, 0.29) is 11.7 Å². The Morgan fingerprint density at radius 1 is 1.43 bits per heavy atom. The molecule has 0 aromatic heterocycles. The van der Waals surface area contributed by atoms with Gasteiger partial charge in [-0.1, -0.05) is 42.0 Å². The molecule has 3 rings (SSSR count). The van der Waals surface area contributed by atoms with E-state index in [1.807, 2.05) is 31.2 Å². The molecule has 1 saturated carbocycles. The van der Waals surface area contributed by atoms with E-state index in [1.165, 1.54) is 0 Å². The van der Waals surface area contributed by atoms with Crippen molar-refractivity contribution in [2.45, 2.75) is 26.2 Å². The lowest BCUT2D eigenvalue weighted by molar-refractivity contribution is -0.118. The van der Waals surface area contributed by atoms with Gasteiger partial charge in [-0.05, 0) is 43.7 Å². The molecule has 2 atom stereocenters. The minimum Gasteiger partial charge on any atom is -0.294 e. The lowest BCUT2D eigenvalue weighted by Crippen LogP contribution is -2.26. The summed E-state index contributed by atoms with van der Waals surface area (Å²) in [6.45, 7) is 5.79. The fraction of sp³-hybridized carbons (Fsp3) is 0.368. The second-order valence-corrected chi connectivity index (χ2v) is 8.10. The number of benzene rings is 1. The Morgan fingerprint density at radius 2 is 2.17 bits per heavy atom. The largest absolute Gasteiger partial charge is 0.294 e. The van der Waals surface area contributed by atoms with Crippen LogP contribution in [0.3, 0.4) is 0 Å². The number of Topliss-reactive ketones (excluding diaryl/α,β-unsaturated/α-hetero) is 1. The summed E-state index contributed by atoms with van der Waals surface area (Å²) in [5.41, 5.74) is 2.64. The second-order valence-electron chi connectivity index (χ2n) is 6.22. The van der Waals surface area contributed by atoms with Crippen LogP contribution in [0, 0.1) is 18.8 Å². The molecule has 2 aliphatic carbocycles. The Hall–Kier alpha value is -0.900. The number of aryl methyl sites for hydroxylation is 1. The van der Waals surface area contributed by atoms with Gasteiger partial charge in [-0.15, -0.1) is 18.3 Å². The van der Waals surface area contributed by atoms with Crippen molar-refractivity contribution in [3.63, 3.8) is 0 Å². The fourth-order valence-electron chi connectivity index (χ4n) is 3.49. The van der Waals surface area contributed by atoms with Crippen molar-refractivity contribution >= 4 is 46.2 Å². The molecule has 0 heterocycles. The molecule has 2 aliphatic rings. The van der Waals surface area contributed by atoms with Crippen LogP contribution >= 0.6 is 35.6 Å². The van der Waals surface area contributed by atoms with Crippen LogP contribution in [0.25, 0.3) is 0 Å². The van der Waals surface area contributed by atoms with Crippen LogP contribution in [0.1, 0.15) is 30.4 Å². The summed E-state index contributed by atoms with van der Waals surface area (Å²) < 4.78 is 0. The molecule has 0 saturated heterocycles. The van der Waals surface area contributed by atoms with Gasteiger partial charge in [0.25, 0.3) is 0 Å². The summed E-state index contributed by atoms with van der Waals surface area (Å²) >= 11 is 13.8. The lowest BCUT2D eigenvalue weighted by atomic mass is 9.85. The van der Waals surface area contributed by atoms with Gasteiger partial charge in [0.15, 0.2) is 5.78 Å². The van der Waals surface area contributed by atoms with Crippen molar-refractivity contribution in [3.05, 3.63) is 57.5 Å². The third kappa shape index (κ3) is 3.19. The number of thiocarbonyl (C=S) groups is 1. The predicted octanol–water partition coefficient (Wildman–Crippen LogP) is 5.54. The molecule has 0 aliphatic heterocycles. The van der Waals surface area contributed by atoms with Gasteiger partial charge in [-0.3, -0.25) is 4.79 Å². The van der Waals surface area contributed by atoms with Crippen molar-refractivity contribution < 1.29 is 4.79 Å². The molecule has 1 aromatic rings.